The Hall–Kier alpha value is -1.73. The van der Waals surface area contributed by atoms with E-state index in [2.05, 4.69) is 20.6 Å². The molecule has 1 aromatic rings. The second-order valence-corrected chi connectivity index (χ2v) is 4.33. The van der Waals surface area contributed by atoms with Gasteiger partial charge in [0, 0.05) is 51.2 Å². The quantitative estimate of drug-likeness (QED) is 0.652. The van der Waals surface area contributed by atoms with Crippen LogP contribution in [0.15, 0.2) is 12.4 Å². The van der Waals surface area contributed by atoms with E-state index in [0.29, 0.717) is 32.2 Å². The molecule has 1 amide bonds. The molecule has 0 bridgehead atoms. The van der Waals surface area contributed by atoms with Crippen molar-refractivity contribution >= 4 is 11.9 Å². The monoisotopic (exact) mass is 265 g/mol. The maximum Gasteiger partial charge on any atom is 0.239 e. The molecule has 0 unspecified atom stereocenters. The third kappa shape index (κ3) is 4.15. The number of hydrogen-bond acceptors (Lipinski definition) is 6. The van der Waals surface area contributed by atoms with Gasteiger partial charge in [-0.3, -0.25) is 4.79 Å². The molecule has 7 heteroatoms. The molecular weight excluding hydrogens is 246 g/mol. The number of aromatic nitrogens is 2. The van der Waals surface area contributed by atoms with Crippen LogP contribution in [0.4, 0.5) is 5.95 Å². The van der Waals surface area contributed by atoms with Crippen molar-refractivity contribution in [3.05, 3.63) is 18.0 Å². The van der Waals surface area contributed by atoms with Crippen molar-refractivity contribution in [2.75, 3.05) is 44.8 Å². The summed E-state index contributed by atoms with van der Waals surface area (Å²) in [7, 11) is 1.67. The van der Waals surface area contributed by atoms with Crippen LogP contribution in [0, 0.1) is 0 Å². The first-order valence-electron chi connectivity index (χ1n) is 6.32. The lowest BCUT2D eigenvalue weighted by Crippen LogP contribution is -2.48. The molecule has 1 fully saturated rings. The average Bonchev–Trinajstić information content (AvgIpc) is 2.44. The van der Waals surface area contributed by atoms with Crippen LogP contribution in [0.1, 0.15) is 5.56 Å². The summed E-state index contributed by atoms with van der Waals surface area (Å²) >= 11 is 0. The highest BCUT2D eigenvalue weighted by Crippen LogP contribution is 2.08. The minimum atomic E-state index is 0.0140. The Bertz CT molecular complexity index is 409. The summed E-state index contributed by atoms with van der Waals surface area (Å²) < 4.78 is 4.95. The summed E-state index contributed by atoms with van der Waals surface area (Å²) in [5.74, 6) is 0.621. The van der Waals surface area contributed by atoms with E-state index in [9.17, 15) is 4.79 Å². The van der Waals surface area contributed by atoms with E-state index in [1.807, 2.05) is 4.90 Å². The lowest BCUT2D eigenvalue weighted by atomic mass is 10.3. The smallest absolute Gasteiger partial charge is 0.239 e. The molecule has 0 radical (unpaired) electrons. The van der Waals surface area contributed by atoms with E-state index < -0.39 is 0 Å². The van der Waals surface area contributed by atoms with Crippen LogP contribution < -0.4 is 15.5 Å². The fourth-order valence-corrected chi connectivity index (χ4v) is 1.82. The maximum absolute atomic E-state index is 11.3. The van der Waals surface area contributed by atoms with Crippen LogP contribution in [0.5, 0.6) is 0 Å². The number of amides is 1. The zero-order valence-electron chi connectivity index (χ0n) is 11.1. The van der Waals surface area contributed by atoms with Gasteiger partial charge < -0.3 is 20.3 Å². The highest BCUT2D eigenvalue weighted by atomic mass is 16.5. The number of ether oxygens (including phenoxy) is 1. The van der Waals surface area contributed by atoms with Crippen LogP contribution in [0.2, 0.25) is 0 Å². The van der Waals surface area contributed by atoms with Crippen LogP contribution >= 0.6 is 0 Å². The van der Waals surface area contributed by atoms with Crippen LogP contribution in [-0.4, -0.2) is 55.8 Å². The standard InChI is InChI=1S/C12H19N5O2/c1-19-5-3-13-6-10-7-15-12(16-8-10)17-4-2-14-11(18)9-17/h7-8,13H,2-6,9H2,1H3,(H,14,18). The Labute approximate surface area is 112 Å². The van der Waals surface area contributed by atoms with Crippen molar-refractivity contribution < 1.29 is 9.53 Å². The predicted molar refractivity (Wildman–Crippen MR) is 70.8 cm³/mol. The summed E-state index contributed by atoms with van der Waals surface area (Å²) in [4.78, 5) is 21.8. The summed E-state index contributed by atoms with van der Waals surface area (Å²) in [6.07, 6.45) is 3.57. The fraction of sp³-hybridized carbons (Fsp3) is 0.583. The molecule has 19 heavy (non-hydrogen) atoms. The number of carbonyl (C=O) groups is 1. The predicted octanol–water partition coefficient (Wildman–Crippen LogP) is -0.851. The van der Waals surface area contributed by atoms with Crippen molar-refractivity contribution in [3.63, 3.8) is 0 Å². The second kappa shape index (κ2) is 7.01. The molecule has 2 rings (SSSR count). The van der Waals surface area contributed by atoms with Gasteiger partial charge in [-0.05, 0) is 0 Å². The van der Waals surface area contributed by atoms with Crippen molar-refractivity contribution in [1.29, 1.82) is 0 Å². The molecule has 0 spiro atoms. The Morgan fingerprint density at radius 2 is 2.26 bits per heavy atom. The van der Waals surface area contributed by atoms with E-state index in [0.717, 1.165) is 18.7 Å². The summed E-state index contributed by atoms with van der Waals surface area (Å²) in [5.41, 5.74) is 1.02. The Balaban J connectivity index is 1.85. The van der Waals surface area contributed by atoms with E-state index in [1.165, 1.54) is 0 Å². The number of hydrogen-bond donors (Lipinski definition) is 2. The van der Waals surface area contributed by atoms with E-state index in [4.69, 9.17) is 4.74 Å². The highest BCUT2D eigenvalue weighted by molar-refractivity contribution is 5.81. The molecule has 0 aliphatic carbocycles. The molecule has 2 N–H and O–H groups in total. The van der Waals surface area contributed by atoms with Gasteiger partial charge in [0.2, 0.25) is 11.9 Å². The first kappa shape index (κ1) is 13.7. The number of piperazine rings is 1. The van der Waals surface area contributed by atoms with Gasteiger partial charge in [0.15, 0.2) is 0 Å². The Kier molecular flexibility index (Phi) is 5.05. The van der Waals surface area contributed by atoms with Crippen molar-refractivity contribution in [2.45, 2.75) is 6.54 Å². The molecule has 104 valence electrons. The van der Waals surface area contributed by atoms with Crippen molar-refractivity contribution in [2.24, 2.45) is 0 Å². The van der Waals surface area contributed by atoms with Gasteiger partial charge >= 0.3 is 0 Å². The third-order valence-electron chi connectivity index (χ3n) is 2.82. The van der Waals surface area contributed by atoms with Gasteiger partial charge in [0.05, 0.1) is 13.2 Å². The first-order valence-corrected chi connectivity index (χ1v) is 6.32. The van der Waals surface area contributed by atoms with Crippen LogP contribution in [-0.2, 0) is 16.1 Å². The largest absolute Gasteiger partial charge is 0.383 e. The van der Waals surface area contributed by atoms with Crippen LogP contribution in [0.25, 0.3) is 0 Å². The molecule has 0 aromatic carbocycles. The number of carbonyl (C=O) groups excluding carboxylic acids is 1. The third-order valence-corrected chi connectivity index (χ3v) is 2.82. The normalized spacial score (nSPS) is 15.4. The van der Waals surface area contributed by atoms with Gasteiger partial charge in [-0.2, -0.15) is 0 Å². The molecule has 2 heterocycles. The minimum Gasteiger partial charge on any atom is -0.383 e. The minimum absolute atomic E-state index is 0.0140. The highest BCUT2D eigenvalue weighted by Gasteiger charge is 2.18. The topological polar surface area (TPSA) is 79.4 Å². The van der Waals surface area contributed by atoms with E-state index >= 15 is 0 Å². The molecule has 0 saturated carbocycles. The SMILES string of the molecule is COCCNCc1cnc(N2CCNC(=O)C2)nc1. The average molecular weight is 265 g/mol. The van der Waals surface area contributed by atoms with Gasteiger partial charge in [0.25, 0.3) is 0 Å². The lowest BCUT2D eigenvalue weighted by molar-refractivity contribution is -0.120. The number of anilines is 1. The number of nitrogens with zero attached hydrogens (tertiary/aromatic N) is 3. The molecule has 1 saturated heterocycles. The van der Waals surface area contributed by atoms with Gasteiger partial charge in [0.1, 0.15) is 0 Å². The van der Waals surface area contributed by atoms with Gasteiger partial charge in [-0.15, -0.1) is 0 Å². The molecule has 7 nitrogen and oxygen atoms in total. The van der Waals surface area contributed by atoms with E-state index in [-0.39, 0.29) is 5.91 Å². The molecule has 1 aliphatic heterocycles. The summed E-state index contributed by atoms with van der Waals surface area (Å²) in [6.45, 7) is 3.90. The molecule has 0 atom stereocenters. The molecule has 1 aliphatic rings. The number of rotatable bonds is 6. The maximum atomic E-state index is 11.3. The van der Waals surface area contributed by atoms with Gasteiger partial charge in [-0.1, -0.05) is 0 Å². The van der Waals surface area contributed by atoms with Crippen LogP contribution in [0.3, 0.4) is 0 Å². The zero-order chi connectivity index (χ0) is 13.5. The lowest BCUT2D eigenvalue weighted by Gasteiger charge is -2.26. The fourth-order valence-electron chi connectivity index (χ4n) is 1.82. The zero-order valence-corrected chi connectivity index (χ0v) is 11.1. The van der Waals surface area contributed by atoms with Crippen molar-refractivity contribution in [3.8, 4) is 0 Å². The Morgan fingerprint density at radius 3 is 2.95 bits per heavy atom. The first-order chi connectivity index (χ1) is 9.29. The van der Waals surface area contributed by atoms with Gasteiger partial charge in [-0.25, -0.2) is 9.97 Å². The summed E-state index contributed by atoms with van der Waals surface area (Å²) in [5, 5.41) is 6.00. The molecular formula is C12H19N5O2. The summed E-state index contributed by atoms with van der Waals surface area (Å²) in [6, 6.07) is 0. The van der Waals surface area contributed by atoms with E-state index in [1.54, 1.807) is 19.5 Å². The number of nitrogens with one attached hydrogen (secondary N) is 2. The second-order valence-electron chi connectivity index (χ2n) is 4.33. The number of methoxy groups -OCH3 is 1. The molecule has 1 aromatic heterocycles. The van der Waals surface area contributed by atoms with Crippen molar-refractivity contribution in [1.82, 2.24) is 20.6 Å². The Morgan fingerprint density at radius 1 is 1.47 bits per heavy atom.